The van der Waals surface area contributed by atoms with Gasteiger partial charge >= 0.3 is 0 Å². The Kier molecular flexibility index (Phi) is 8.74. The van der Waals surface area contributed by atoms with Gasteiger partial charge in [0.2, 0.25) is 0 Å². The minimum absolute atomic E-state index is 0.116. The van der Waals surface area contributed by atoms with Crippen LogP contribution in [0.5, 0.6) is 0 Å². The molecule has 1 aliphatic rings. The third kappa shape index (κ3) is 5.93. The average Bonchev–Trinajstić information content (AvgIpc) is 3.87. The van der Waals surface area contributed by atoms with E-state index in [0.717, 1.165) is 17.7 Å². The van der Waals surface area contributed by atoms with Gasteiger partial charge in [0, 0.05) is 17.5 Å². The van der Waals surface area contributed by atoms with Crippen LogP contribution >= 0.6 is 0 Å². The molecule has 0 saturated carbocycles. The van der Waals surface area contributed by atoms with Crippen LogP contribution in [0.3, 0.4) is 0 Å². The standard InChI is InChI=1S/C64H42O/c1-3-19-41(20-4-1)61-49-27-11-15-31-53(49)63(54-32-16-12-28-50(54)61)57-37-35-47(43-23-7-9-25-45(43)57)59-39-40-60(65-59)48-36-38-58(46-26-10-8-24-44(46)48)64-55-33-17-13-29-51(55)62(42-21-5-2-6-22-42)52-30-14-18-34-56(52)64/h1-39,60H,40H2. The zero-order valence-corrected chi connectivity index (χ0v) is 35.7. The highest BCUT2D eigenvalue weighted by atomic mass is 16.5. The fourth-order valence-corrected chi connectivity index (χ4v) is 11.0. The van der Waals surface area contributed by atoms with Gasteiger partial charge in [0.25, 0.3) is 0 Å². The van der Waals surface area contributed by atoms with Crippen molar-refractivity contribution < 1.29 is 4.74 Å². The van der Waals surface area contributed by atoms with Gasteiger partial charge in [0.1, 0.15) is 11.9 Å². The molecular weight excluding hydrogens is 785 g/mol. The van der Waals surface area contributed by atoms with Crippen molar-refractivity contribution in [3.05, 3.63) is 248 Å². The van der Waals surface area contributed by atoms with Crippen molar-refractivity contribution in [1.82, 2.24) is 0 Å². The third-order valence-corrected chi connectivity index (χ3v) is 13.8. The van der Waals surface area contributed by atoms with Crippen LogP contribution in [0.1, 0.15) is 23.7 Å². The molecule has 1 unspecified atom stereocenters. The van der Waals surface area contributed by atoms with Crippen LogP contribution < -0.4 is 0 Å². The van der Waals surface area contributed by atoms with Gasteiger partial charge in [-0.05, 0) is 115 Å². The van der Waals surface area contributed by atoms with E-state index in [1.807, 2.05) is 0 Å². The lowest BCUT2D eigenvalue weighted by molar-refractivity contribution is 0.196. The Bertz CT molecular complexity index is 3770. The monoisotopic (exact) mass is 826 g/mol. The van der Waals surface area contributed by atoms with E-state index < -0.39 is 0 Å². The summed E-state index contributed by atoms with van der Waals surface area (Å²) >= 11 is 0. The summed E-state index contributed by atoms with van der Waals surface area (Å²) in [6, 6.07) is 84.4. The Balaban J connectivity index is 0.917. The van der Waals surface area contributed by atoms with Crippen LogP contribution in [-0.4, -0.2) is 0 Å². The predicted molar refractivity (Wildman–Crippen MR) is 276 cm³/mol. The van der Waals surface area contributed by atoms with Crippen molar-refractivity contribution in [2.24, 2.45) is 0 Å². The molecule has 1 atom stereocenters. The molecular formula is C64H42O. The first kappa shape index (κ1) is 37.3. The molecule has 0 aliphatic carbocycles. The number of hydrogen-bond acceptors (Lipinski definition) is 1. The van der Waals surface area contributed by atoms with E-state index in [0.29, 0.717) is 0 Å². The number of rotatable bonds is 6. The molecule has 13 rings (SSSR count). The molecule has 0 spiro atoms. The van der Waals surface area contributed by atoms with Crippen LogP contribution in [0.2, 0.25) is 0 Å². The Hall–Kier alpha value is -8.26. The first-order valence-corrected chi connectivity index (χ1v) is 22.7. The molecule has 12 aromatic carbocycles. The quantitative estimate of drug-likeness (QED) is 0.152. The number of hydrogen-bond donors (Lipinski definition) is 0. The summed E-state index contributed by atoms with van der Waals surface area (Å²) < 4.78 is 7.11. The van der Waals surface area contributed by atoms with E-state index in [1.54, 1.807) is 0 Å². The lowest BCUT2D eigenvalue weighted by Crippen LogP contribution is -2.00. The van der Waals surface area contributed by atoms with Crippen molar-refractivity contribution in [3.8, 4) is 44.5 Å². The molecule has 12 aromatic rings. The van der Waals surface area contributed by atoms with Crippen molar-refractivity contribution in [2.75, 3.05) is 0 Å². The molecule has 1 heterocycles. The zero-order chi connectivity index (χ0) is 42.8. The maximum atomic E-state index is 7.11. The highest BCUT2D eigenvalue weighted by Gasteiger charge is 2.27. The fraction of sp³-hybridized carbons (Fsp3) is 0.0312. The van der Waals surface area contributed by atoms with E-state index in [2.05, 4.69) is 237 Å². The molecule has 0 bridgehead atoms. The van der Waals surface area contributed by atoms with Gasteiger partial charge in [-0.1, -0.05) is 231 Å². The first-order valence-electron chi connectivity index (χ1n) is 22.7. The highest BCUT2D eigenvalue weighted by Crippen LogP contribution is 2.49. The largest absolute Gasteiger partial charge is 0.485 e. The molecule has 0 amide bonds. The van der Waals surface area contributed by atoms with Gasteiger partial charge < -0.3 is 4.74 Å². The molecule has 1 nitrogen and oxygen atoms in total. The molecule has 65 heavy (non-hydrogen) atoms. The SMILES string of the molecule is C1=C(c2ccc(-c3c4ccccc4c(-c4ccccc4)c4ccccc34)c3ccccc23)OC(c2ccc(-c3c4ccccc4c(-c4ccccc4)c4ccccc34)c3ccccc23)C1. The molecule has 0 saturated heterocycles. The summed E-state index contributed by atoms with van der Waals surface area (Å²) in [4.78, 5) is 0. The number of fused-ring (bicyclic) bond motifs is 6. The zero-order valence-electron chi connectivity index (χ0n) is 35.7. The summed E-state index contributed by atoms with van der Waals surface area (Å²) in [5, 5.41) is 14.9. The van der Waals surface area contributed by atoms with E-state index in [9.17, 15) is 0 Å². The summed E-state index contributed by atoms with van der Waals surface area (Å²) in [5.41, 5.74) is 12.4. The van der Waals surface area contributed by atoms with E-state index in [4.69, 9.17) is 4.74 Å². The van der Waals surface area contributed by atoms with E-state index in [-0.39, 0.29) is 6.10 Å². The minimum atomic E-state index is -0.116. The third-order valence-electron chi connectivity index (χ3n) is 13.8. The topological polar surface area (TPSA) is 9.23 Å². The second kappa shape index (κ2) is 15.2. The summed E-state index contributed by atoms with van der Waals surface area (Å²) in [7, 11) is 0. The maximum absolute atomic E-state index is 7.11. The van der Waals surface area contributed by atoms with Crippen LogP contribution in [0, 0.1) is 0 Å². The Morgan fingerprint density at radius 3 is 1.00 bits per heavy atom. The average molecular weight is 827 g/mol. The number of benzene rings is 12. The summed E-state index contributed by atoms with van der Waals surface area (Å²) in [6.45, 7) is 0. The minimum Gasteiger partial charge on any atom is -0.485 e. The Morgan fingerprint density at radius 1 is 0.262 bits per heavy atom. The Morgan fingerprint density at radius 2 is 0.569 bits per heavy atom. The fourth-order valence-electron chi connectivity index (χ4n) is 11.0. The van der Waals surface area contributed by atoms with Gasteiger partial charge in [0.15, 0.2) is 0 Å². The van der Waals surface area contributed by atoms with E-state index >= 15 is 0 Å². The van der Waals surface area contributed by atoms with Crippen molar-refractivity contribution >= 4 is 70.4 Å². The summed E-state index contributed by atoms with van der Waals surface area (Å²) in [5.74, 6) is 0.938. The maximum Gasteiger partial charge on any atom is 0.128 e. The van der Waals surface area contributed by atoms with Crippen LogP contribution in [0.15, 0.2) is 237 Å². The molecule has 1 heteroatoms. The van der Waals surface area contributed by atoms with Gasteiger partial charge in [-0.2, -0.15) is 0 Å². The lowest BCUT2D eigenvalue weighted by atomic mass is 9.84. The molecule has 0 fully saturated rings. The predicted octanol–water partition coefficient (Wildman–Crippen LogP) is 17.8. The van der Waals surface area contributed by atoms with E-state index in [1.165, 1.54) is 115 Å². The number of ether oxygens (including phenoxy) is 1. The van der Waals surface area contributed by atoms with Crippen molar-refractivity contribution in [2.45, 2.75) is 12.5 Å². The van der Waals surface area contributed by atoms with Gasteiger partial charge in [-0.25, -0.2) is 0 Å². The molecule has 1 aliphatic heterocycles. The highest BCUT2D eigenvalue weighted by molar-refractivity contribution is 6.25. The van der Waals surface area contributed by atoms with Gasteiger partial charge in [-0.3, -0.25) is 0 Å². The lowest BCUT2D eigenvalue weighted by Gasteiger charge is -2.22. The first-order chi connectivity index (χ1) is 32.3. The van der Waals surface area contributed by atoms with Crippen molar-refractivity contribution in [1.29, 1.82) is 0 Å². The van der Waals surface area contributed by atoms with Crippen LogP contribution in [0.4, 0.5) is 0 Å². The molecule has 304 valence electrons. The van der Waals surface area contributed by atoms with Crippen LogP contribution in [-0.2, 0) is 4.74 Å². The second-order valence-corrected chi connectivity index (χ2v) is 17.3. The smallest absolute Gasteiger partial charge is 0.128 e. The second-order valence-electron chi connectivity index (χ2n) is 17.3. The van der Waals surface area contributed by atoms with Gasteiger partial charge in [-0.15, -0.1) is 0 Å². The molecule has 0 aromatic heterocycles. The van der Waals surface area contributed by atoms with Gasteiger partial charge in [0.05, 0.1) is 0 Å². The summed E-state index contributed by atoms with van der Waals surface area (Å²) in [6.07, 6.45) is 2.98. The normalized spacial score (nSPS) is 13.8. The van der Waals surface area contributed by atoms with Crippen LogP contribution in [0.25, 0.3) is 115 Å². The Labute approximate surface area is 378 Å². The van der Waals surface area contributed by atoms with Crippen molar-refractivity contribution in [3.63, 3.8) is 0 Å². The molecule has 0 radical (unpaired) electrons. The molecule has 0 N–H and O–H groups in total.